The third-order valence-electron chi connectivity index (χ3n) is 4.33. The van der Waals surface area contributed by atoms with Crippen LogP contribution in [0.4, 0.5) is 0 Å². The van der Waals surface area contributed by atoms with Gasteiger partial charge in [0.05, 0.1) is 0 Å². The highest BCUT2D eigenvalue weighted by Crippen LogP contribution is 2.41. The molecule has 0 bridgehead atoms. The van der Waals surface area contributed by atoms with Crippen LogP contribution < -0.4 is 5.32 Å². The maximum absolute atomic E-state index is 3.80. The fraction of sp³-hybridized carbons (Fsp3) is 0.647. The second kappa shape index (κ2) is 5.88. The molecule has 1 aliphatic carbocycles. The average Bonchev–Trinajstić information content (AvgIpc) is 3.15. The lowest BCUT2D eigenvalue weighted by Crippen LogP contribution is -2.29. The van der Waals surface area contributed by atoms with Crippen molar-refractivity contribution in [2.75, 3.05) is 6.54 Å². The molecule has 1 aliphatic rings. The Hall–Kier alpha value is -0.820. The molecule has 100 valence electrons. The first-order valence-electron chi connectivity index (χ1n) is 7.38. The summed E-state index contributed by atoms with van der Waals surface area (Å²) in [6.45, 7) is 10.3. The second-order valence-electron chi connectivity index (χ2n) is 6.36. The topological polar surface area (TPSA) is 12.0 Å². The van der Waals surface area contributed by atoms with Crippen molar-refractivity contribution < 1.29 is 0 Å². The molecule has 18 heavy (non-hydrogen) atoms. The van der Waals surface area contributed by atoms with E-state index >= 15 is 0 Å². The lowest BCUT2D eigenvalue weighted by Gasteiger charge is -2.23. The van der Waals surface area contributed by atoms with Crippen molar-refractivity contribution in [2.24, 2.45) is 17.8 Å². The molecule has 1 heteroatoms. The molecular weight excluding hydrogens is 218 g/mol. The molecule has 1 fully saturated rings. The fourth-order valence-electron chi connectivity index (χ4n) is 2.31. The minimum absolute atomic E-state index is 0.576. The van der Waals surface area contributed by atoms with Crippen LogP contribution in [0.1, 0.15) is 50.8 Å². The number of benzene rings is 1. The highest BCUT2D eigenvalue weighted by atomic mass is 14.9. The van der Waals surface area contributed by atoms with Gasteiger partial charge in [0, 0.05) is 6.04 Å². The van der Waals surface area contributed by atoms with E-state index in [4.69, 9.17) is 0 Å². The van der Waals surface area contributed by atoms with Crippen LogP contribution in [0.2, 0.25) is 0 Å². The molecule has 2 atom stereocenters. The van der Waals surface area contributed by atoms with E-state index in [0.717, 1.165) is 24.3 Å². The van der Waals surface area contributed by atoms with E-state index in [1.165, 1.54) is 24.0 Å². The van der Waals surface area contributed by atoms with Gasteiger partial charge in [-0.2, -0.15) is 0 Å². The van der Waals surface area contributed by atoms with Gasteiger partial charge in [0.2, 0.25) is 0 Å². The van der Waals surface area contributed by atoms with Crippen molar-refractivity contribution in [3.8, 4) is 0 Å². The molecule has 1 saturated carbocycles. The number of nitrogens with one attached hydrogen (secondary N) is 1. The summed E-state index contributed by atoms with van der Waals surface area (Å²) in [5.74, 6) is 2.37. The predicted molar refractivity (Wildman–Crippen MR) is 78.6 cm³/mol. The smallest absolute Gasteiger partial charge is 0.0348 e. The van der Waals surface area contributed by atoms with E-state index < -0.39 is 0 Å². The third kappa shape index (κ3) is 3.58. The van der Waals surface area contributed by atoms with E-state index in [2.05, 4.69) is 57.3 Å². The first kappa shape index (κ1) is 13.6. The van der Waals surface area contributed by atoms with E-state index in [0.29, 0.717) is 6.04 Å². The molecule has 1 aromatic carbocycles. The van der Waals surface area contributed by atoms with Gasteiger partial charge in [0.1, 0.15) is 0 Å². The second-order valence-corrected chi connectivity index (χ2v) is 6.36. The first-order chi connectivity index (χ1) is 8.58. The summed E-state index contributed by atoms with van der Waals surface area (Å²) in [5, 5.41) is 3.80. The Morgan fingerprint density at radius 3 is 2.22 bits per heavy atom. The van der Waals surface area contributed by atoms with Crippen LogP contribution in [0.25, 0.3) is 0 Å². The minimum Gasteiger partial charge on any atom is -0.309 e. The minimum atomic E-state index is 0.576. The Balaban J connectivity index is 1.98. The van der Waals surface area contributed by atoms with Gasteiger partial charge in [0.25, 0.3) is 0 Å². The Labute approximate surface area is 112 Å². The third-order valence-corrected chi connectivity index (χ3v) is 4.33. The summed E-state index contributed by atoms with van der Waals surface area (Å²) < 4.78 is 0. The molecular formula is C17H27N. The number of hydrogen-bond acceptors (Lipinski definition) is 1. The number of hydrogen-bond donors (Lipinski definition) is 1. The molecule has 0 saturated heterocycles. The van der Waals surface area contributed by atoms with Gasteiger partial charge in [-0.25, -0.2) is 0 Å². The molecule has 2 rings (SSSR count). The van der Waals surface area contributed by atoms with Gasteiger partial charge in [-0.15, -0.1) is 0 Å². The summed E-state index contributed by atoms with van der Waals surface area (Å²) in [6.07, 6.45) is 2.78. The largest absolute Gasteiger partial charge is 0.309 e. The lowest BCUT2D eigenvalue weighted by atomic mass is 9.96. The van der Waals surface area contributed by atoms with Crippen molar-refractivity contribution in [1.82, 2.24) is 5.32 Å². The van der Waals surface area contributed by atoms with Crippen LogP contribution in [0.15, 0.2) is 24.3 Å². The summed E-state index contributed by atoms with van der Waals surface area (Å²) in [5.41, 5.74) is 2.82. The fourth-order valence-corrected chi connectivity index (χ4v) is 2.31. The average molecular weight is 245 g/mol. The zero-order valence-electron chi connectivity index (χ0n) is 12.2. The van der Waals surface area contributed by atoms with E-state index in [9.17, 15) is 0 Å². The summed E-state index contributed by atoms with van der Waals surface area (Å²) in [4.78, 5) is 0. The van der Waals surface area contributed by atoms with Crippen LogP contribution in [0.3, 0.4) is 0 Å². The molecule has 0 radical (unpaired) electrons. The molecule has 1 aromatic rings. The highest BCUT2D eigenvalue weighted by molar-refractivity contribution is 5.25. The van der Waals surface area contributed by atoms with Gasteiger partial charge in [-0.05, 0) is 49.6 Å². The monoisotopic (exact) mass is 245 g/mol. The van der Waals surface area contributed by atoms with Crippen molar-refractivity contribution in [3.63, 3.8) is 0 Å². The standard InChI is InChI=1S/C17H27N/c1-12(2)14(4)11-18-17(16-9-10-16)15-7-5-13(3)6-8-15/h5-8,12,14,16-18H,9-11H2,1-4H3. The molecule has 0 amide bonds. The van der Waals surface area contributed by atoms with Gasteiger partial charge in [0.15, 0.2) is 0 Å². The van der Waals surface area contributed by atoms with Crippen LogP contribution in [0.5, 0.6) is 0 Å². The van der Waals surface area contributed by atoms with Crippen molar-refractivity contribution in [3.05, 3.63) is 35.4 Å². The lowest BCUT2D eigenvalue weighted by molar-refractivity contribution is 0.356. The van der Waals surface area contributed by atoms with Crippen molar-refractivity contribution >= 4 is 0 Å². The predicted octanol–water partition coefficient (Wildman–Crippen LogP) is 4.33. The van der Waals surface area contributed by atoms with Crippen LogP contribution in [-0.2, 0) is 0 Å². The number of rotatable bonds is 6. The quantitative estimate of drug-likeness (QED) is 0.786. The van der Waals surface area contributed by atoms with Gasteiger partial charge < -0.3 is 5.32 Å². The highest BCUT2D eigenvalue weighted by Gasteiger charge is 2.32. The van der Waals surface area contributed by atoms with E-state index in [1.807, 2.05) is 0 Å². The molecule has 0 heterocycles. The maximum Gasteiger partial charge on any atom is 0.0348 e. The zero-order valence-corrected chi connectivity index (χ0v) is 12.2. The van der Waals surface area contributed by atoms with Crippen LogP contribution in [0, 0.1) is 24.7 Å². The number of aryl methyl sites for hydroxylation is 1. The Morgan fingerprint density at radius 2 is 1.72 bits per heavy atom. The Kier molecular flexibility index (Phi) is 4.45. The van der Waals surface area contributed by atoms with E-state index in [1.54, 1.807) is 0 Å². The normalized spacial score (nSPS) is 18.9. The zero-order chi connectivity index (χ0) is 13.1. The van der Waals surface area contributed by atoms with Crippen molar-refractivity contribution in [1.29, 1.82) is 0 Å². The van der Waals surface area contributed by atoms with Crippen molar-refractivity contribution in [2.45, 2.75) is 46.6 Å². The van der Waals surface area contributed by atoms with E-state index in [-0.39, 0.29) is 0 Å². The van der Waals surface area contributed by atoms with Gasteiger partial charge in [-0.3, -0.25) is 0 Å². The van der Waals surface area contributed by atoms with Gasteiger partial charge in [-0.1, -0.05) is 50.6 Å². The summed E-state index contributed by atoms with van der Waals surface area (Å²) in [6, 6.07) is 9.64. The molecule has 2 unspecified atom stereocenters. The molecule has 1 N–H and O–H groups in total. The molecule has 0 aliphatic heterocycles. The molecule has 0 spiro atoms. The van der Waals surface area contributed by atoms with Crippen LogP contribution in [-0.4, -0.2) is 6.54 Å². The SMILES string of the molecule is Cc1ccc(C(NCC(C)C(C)C)C2CC2)cc1. The summed E-state index contributed by atoms with van der Waals surface area (Å²) in [7, 11) is 0. The Bertz CT molecular complexity index is 362. The molecule has 1 nitrogen and oxygen atoms in total. The molecule has 0 aromatic heterocycles. The first-order valence-corrected chi connectivity index (χ1v) is 7.38. The van der Waals surface area contributed by atoms with Gasteiger partial charge >= 0.3 is 0 Å². The Morgan fingerprint density at radius 1 is 1.11 bits per heavy atom. The van der Waals surface area contributed by atoms with Crippen LogP contribution >= 0.6 is 0 Å². The maximum atomic E-state index is 3.80. The summed E-state index contributed by atoms with van der Waals surface area (Å²) >= 11 is 0.